The molecule has 1 unspecified atom stereocenters. The van der Waals surface area contributed by atoms with Gasteiger partial charge in [-0.3, -0.25) is 4.79 Å². The van der Waals surface area contributed by atoms with Crippen molar-refractivity contribution in [3.63, 3.8) is 0 Å². The molecule has 1 atom stereocenters. The van der Waals surface area contributed by atoms with E-state index in [2.05, 4.69) is 11.9 Å². The Hall–Kier alpha value is -1.12. The van der Waals surface area contributed by atoms with Crippen molar-refractivity contribution in [2.24, 2.45) is 5.92 Å². The zero-order valence-corrected chi connectivity index (χ0v) is 8.14. The first kappa shape index (κ1) is 11.9. The molecule has 2 nitrogen and oxygen atoms in total. The molecule has 1 amide bonds. The summed E-state index contributed by atoms with van der Waals surface area (Å²) in [6.45, 7) is 6.87. The summed E-state index contributed by atoms with van der Waals surface area (Å²) in [5.74, 6) is -0.317. The maximum absolute atomic E-state index is 12.5. The molecule has 0 fully saturated rings. The molecule has 0 saturated carbocycles. The van der Waals surface area contributed by atoms with Gasteiger partial charge in [-0.15, -0.1) is 6.58 Å². The topological polar surface area (TPSA) is 29.1 Å². The number of rotatable bonds is 5. The van der Waals surface area contributed by atoms with E-state index in [0.29, 0.717) is 13.0 Å². The van der Waals surface area contributed by atoms with Gasteiger partial charge in [0.1, 0.15) is 0 Å². The molecule has 3 heteroatoms. The summed E-state index contributed by atoms with van der Waals surface area (Å²) in [5.41, 5.74) is 0. The highest BCUT2D eigenvalue weighted by molar-refractivity contribution is 5.72. The summed E-state index contributed by atoms with van der Waals surface area (Å²) >= 11 is 0. The fourth-order valence-electron chi connectivity index (χ4n) is 1.02. The first-order valence-corrected chi connectivity index (χ1v) is 4.25. The Kier molecular flexibility index (Phi) is 5.85. The normalized spacial score (nSPS) is 13.6. The number of nitrogens with one attached hydrogen (secondary N) is 1. The zero-order chi connectivity index (χ0) is 10.3. The number of carbonyl (C=O) groups excluding carboxylic acids is 1. The van der Waals surface area contributed by atoms with E-state index in [9.17, 15) is 9.18 Å². The van der Waals surface area contributed by atoms with Gasteiger partial charge in [0, 0.05) is 19.4 Å². The molecule has 0 aliphatic heterocycles. The van der Waals surface area contributed by atoms with E-state index in [1.165, 1.54) is 19.9 Å². The first-order valence-electron chi connectivity index (χ1n) is 4.25. The lowest BCUT2D eigenvalue weighted by atomic mass is 10.1. The molecule has 0 aliphatic rings. The van der Waals surface area contributed by atoms with Crippen molar-refractivity contribution in [2.45, 2.75) is 20.3 Å². The lowest BCUT2D eigenvalue weighted by Crippen LogP contribution is -2.26. The number of amides is 1. The van der Waals surface area contributed by atoms with Crippen molar-refractivity contribution >= 4 is 5.91 Å². The van der Waals surface area contributed by atoms with Crippen LogP contribution in [0.15, 0.2) is 24.6 Å². The molecule has 0 saturated heterocycles. The number of allylic oxidation sites excluding steroid dienone is 2. The lowest BCUT2D eigenvalue weighted by molar-refractivity contribution is -0.119. The van der Waals surface area contributed by atoms with Crippen LogP contribution in [0.4, 0.5) is 4.39 Å². The predicted octanol–water partition coefficient (Wildman–Crippen LogP) is 2.19. The van der Waals surface area contributed by atoms with E-state index in [1.807, 2.05) is 0 Å². The average Bonchev–Trinajstić information content (AvgIpc) is 1.99. The van der Waals surface area contributed by atoms with Crippen molar-refractivity contribution in [3.05, 3.63) is 24.6 Å². The van der Waals surface area contributed by atoms with Gasteiger partial charge in [-0.2, -0.15) is 0 Å². The van der Waals surface area contributed by atoms with Gasteiger partial charge < -0.3 is 5.32 Å². The van der Waals surface area contributed by atoms with Gasteiger partial charge in [0.25, 0.3) is 0 Å². The van der Waals surface area contributed by atoms with E-state index in [1.54, 1.807) is 6.08 Å². The predicted molar refractivity (Wildman–Crippen MR) is 51.9 cm³/mol. The number of hydrogen-bond acceptors (Lipinski definition) is 1. The number of hydrogen-bond donors (Lipinski definition) is 1. The molecule has 0 heterocycles. The highest BCUT2D eigenvalue weighted by Gasteiger charge is 2.04. The second-order valence-electron chi connectivity index (χ2n) is 2.97. The minimum absolute atomic E-state index is 0.00593. The highest BCUT2D eigenvalue weighted by atomic mass is 19.1. The largest absolute Gasteiger partial charge is 0.356 e. The van der Waals surface area contributed by atoms with E-state index in [-0.39, 0.29) is 17.7 Å². The fourth-order valence-corrected chi connectivity index (χ4v) is 1.02. The molecular formula is C10H16FNO. The van der Waals surface area contributed by atoms with Crippen LogP contribution in [0, 0.1) is 5.92 Å². The van der Waals surface area contributed by atoms with Crippen molar-refractivity contribution in [1.82, 2.24) is 5.32 Å². The Balaban J connectivity index is 4.01. The maximum atomic E-state index is 12.5. The summed E-state index contributed by atoms with van der Waals surface area (Å²) < 4.78 is 12.5. The van der Waals surface area contributed by atoms with Gasteiger partial charge in [-0.1, -0.05) is 6.08 Å². The van der Waals surface area contributed by atoms with Crippen LogP contribution >= 0.6 is 0 Å². The molecule has 0 aromatic carbocycles. The molecule has 0 aromatic rings. The summed E-state index contributed by atoms with van der Waals surface area (Å²) in [6.07, 6.45) is 3.88. The molecule has 1 N–H and O–H groups in total. The van der Waals surface area contributed by atoms with Gasteiger partial charge in [0.15, 0.2) is 0 Å². The van der Waals surface area contributed by atoms with Crippen molar-refractivity contribution in [2.75, 3.05) is 6.54 Å². The monoisotopic (exact) mass is 185 g/mol. The zero-order valence-electron chi connectivity index (χ0n) is 8.14. The fraction of sp³-hybridized carbons (Fsp3) is 0.500. The Morgan fingerprint density at radius 2 is 2.23 bits per heavy atom. The van der Waals surface area contributed by atoms with Gasteiger partial charge in [-0.25, -0.2) is 4.39 Å². The Morgan fingerprint density at radius 1 is 1.62 bits per heavy atom. The average molecular weight is 185 g/mol. The van der Waals surface area contributed by atoms with Crippen LogP contribution in [0.25, 0.3) is 0 Å². The third kappa shape index (κ3) is 7.25. The maximum Gasteiger partial charge on any atom is 0.216 e. The molecule has 13 heavy (non-hydrogen) atoms. The van der Waals surface area contributed by atoms with Gasteiger partial charge in [-0.05, 0) is 19.4 Å². The summed E-state index contributed by atoms with van der Waals surface area (Å²) in [7, 11) is 0. The minimum atomic E-state index is -0.225. The molecule has 0 aliphatic carbocycles. The van der Waals surface area contributed by atoms with Gasteiger partial charge >= 0.3 is 0 Å². The molecule has 0 bridgehead atoms. The van der Waals surface area contributed by atoms with Crippen molar-refractivity contribution in [1.29, 1.82) is 0 Å². The second-order valence-corrected chi connectivity index (χ2v) is 2.97. The van der Waals surface area contributed by atoms with Crippen LogP contribution in [0.5, 0.6) is 0 Å². The van der Waals surface area contributed by atoms with Crippen LogP contribution in [0.2, 0.25) is 0 Å². The molecule has 0 spiro atoms. The third-order valence-corrected chi connectivity index (χ3v) is 1.55. The van der Waals surface area contributed by atoms with Gasteiger partial charge in [0.05, 0.1) is 5.83 Å². The Bertz CT molecular complexity index is 207. The smallest absolute Gasteiger partial charge is 0.216 e. The lowest BCUT2D eigenvalue weighted by Gasteiger charge is -2.10. The third-order valence-electron chi connectivity index (χ3n) is 1.55. The molecule has 0 aromatic heterocycles. The van der Waals surface area contributed by atoms with Crippen LogP contribution < -0.4 is 5.32 Å². The minimum Gasteiger partial charge on any atom is -0.356 e. The molecule has 0 rings (SSSR count). The summed E-state index contributed by atoms with van der Waals surface area (Å²) in [6, 6.07) is 0. The van der Waals surface area contributed by atoms with Crippen LogP contribution in [0.3, 0.4) is 0 Å². The number of halogens is 1. The van der Waals surface area contributed by atoms with Crippen LogP contribution in [-0.4, -0.2) is 12.5 Å². The van der Waals surface area contributed by atoms with Crippen molar-refractivity contribution in [3.8, 4) is 0 Å². The van der Waals surface area contributed by atoms with E-state index >= 15 is 0 Å². The summed E-state index contributed by atoms with van der Waals surface area (Å²) in [4.78, 5) is 10.6. The number of carbonyl (C=O) groups is 1. The van der Waals surface area contributed by atoms with Crippen LogP contribution in [-0.2, 0) is 4.79 Å². The molecular weight excluding hydrogens is 169 g/mol. The molecule has 0 radical (unpaired) electrons. The Morgan fingerprint density at radius 3 is 2.62 bits per heavy atom. The highest BCUT2D eigenvalue weighted by Crippen LogP contribution is 2.08. The SMILES string of the molecule is C=CCC(/C=C(\C)F)CNC(C)=O. The summed E-state index contributed by atoms with van der Waals surface area (Å²) in [5, 5.41) is 2.64. The van der Waals surface area contributed by atoms with E-state index < -0.39 is 0 Å². The first-order chi connectivity index (χ1) is 6.06. The second kappa shape index (κ2) is 6.40. The van der Waals surface area contributed by atoms with E-state index in [4.69, 9.17) is 0 Å². The van der Waals surface area contributed by atoms with E-state index in [0.717, 1.165) is 0 Å². The van der Waals surface area contributed by atoms with Crippen molar-refractivity contribution < 1.29 is 9.18 Å². The van der Waals surface area contributed by atoms with Crippen LogP contribution in [0.1, 0.15) is 20.3 Å². The quantitative estimate of drug-likeness (QED) is 0.653. The standard InChI is InChI=1S/C10H16FNO/c1-4-5-10(6-8(2)11)7-12-9(3)13/h4,6,10H,1,5,7H2,2-3H3,(H,12,13)/b8-6+. The Labute approximate surface area is 78.5 Å². The van der Waals surface area contributed by atoms with Gasteiger partial charge in [0.2, 0.25) is 5.91 Å². The molecule has 74 valence electrons.